The fourth-order valence-corrected chi connectivity index (χ4v) is 3.14. The van der Waals surface area contributed by atoms with Gasteiger partial charge in [-0.25, -0.2) is 0 Å². The number of amides is 1. The van der Waals surface area contributed by atoms with Crippen molar-refractivity contribution in [2.24, 2.45) is 0 Å². The van der Waals surface area contributed by atoms with Gasteiger partial charge in [-0.05, 0) is 39.3 Å². The highest BCUT2D eigenvalue weighted by molar-refractivity contribution is 5.80. The second-order valence-electron chi connectivity index (χ2n) is 6.42. The van der Waals surface area contributed by atoms with Crippen LogP contribution in [0.1, 0.15) is 35.9 Å². The quantitative estimate of drug-likeness (QED) is 0.751. The molecule has 0 spiro atoms. The maximum absolute atomic E-state index is 12.2. The number of rotatable bonds is 6. The monoisotopic (exact) mass is 339 g/mol. The fourth-order valence-electron chi connectivity index (χ4n) is 3.14. The second kappa shape index (κ2) is 7.09. The van der Waals surface area contributed by atoms with Gasteiger partial charge < -0.3 is 5.32 Å². The Bertz CT molecular complexity index is 906. The van der Waals surface area contributed by atoms with Gasteiger partial charge in [0, 0.05) is 36.2 Å². The summed E-state index contributed by atoms with van der Waals surface area (Å²) < 4.78 is 3.86. The van der Waals surface area contributed by atoms with Crippen LogP contribution in [0.2, 0.25) is 0 Å². The van der Waals surface area contributed by atoms with Gasteiger partial charge in [-0.3, -0.25) is 14.2 Å². The summed E-state index contributed by atoms with van der Waals surface area (Å²) in [6.45, 7) is 10.1. The van der Waals surface area contributed by atoms with Crippen LogP contribution < -0.4 is 5.32 Å². The Hall–Kier alpha value is -2.63. The van der Waals surface area contributed by atoms with Gasteiger partial charge in [-0.1, -0.05) is 12.1 Å². The Balaban J connectivity index is 1.60. The molecule has 6 nitrogen and oxygen atoms in total. The zero-order valence-corrected chi connectivity index (χ0v) is 15.3. The topological polar surface area (TPSA) is 64.7 Å². The molecule has 0 aliphatic carbocycles. The van der Waals surface area contributed by atoms with E-state index in [1.807, 2.05) is 29.4 Å². The Morgan fingerprint density at radius 2 is 2.00 bits per heavy atom. The van der Waals surface area contributed by atoms with Crippen molar-refractivity contribution in [2.45, 2.75) is 53.8 Å². The first kappa shape index (κ1) is 17.2. The van der Waals surface area contributed by atoms with Crippen molar-refractivity contribution in [1.29, 1.82) is 0 Å². The second-order valence-corrected chi connectivity index (χ2v) is 6.42. The predicted octanol–water partition coefficient (Wildman–Crippen LogP) is 2.88. The van der Waals surface area contributed by atoms with E-state index < -0.39 is 0 Å². The maximum atomic E-state index is 12.2. The van der Waals surface area contributed by atoms with E-state index in [1.165, 1.54) is 5.56 Å². The number of carbonyl (C=O) groups is 1. The zero-order valence-electron chi connectivity index (χ0n) is 15.3. The van der Waals surface area contributed by atoms with Crippen molar-refractivity contribution >= 4 is 16.8 Å². The summed E-state index contributed by atoms with van der Waals surface area (Å²) in [5.41, 5.74) is 5.47. The van der Waals surface area contributed by atoms with Crippen LogP contribution in [0.5, 0.6) is 0 Å². The molecule has 0 aliphatic heterocycles. The number of nitrogens with one attached hydrogen (secondary N) is 1. The third kappa shape index (κ3) is 3.57. The lowest BCUT2D eigenvalue weighted by Crippen LogP contribution is -2.24. The number of hydrogen-bond acceptors (Lipinski definition) is 3. The number of fused-ring (bicyclic) bond motifs is 1. The Kier molecular flexibility index (Phi) is 4.88. The van der Waals surface area contributed by atoms with Crippen LogP contribution in [0.25, 0.3) is 10.9 Å². The van der Waals surface area contributed by atoms with Crippen molar-refractivity contribution in [1.82, 2.24) is 24.9 Å². The van der Waals surface area contributed by atoms with Gasteiger partial charge in [0.2, 0.25) is 5.91 Å². The zero-order chi connectivity index (χ0) is 18.0. The number of hydrogen-bond donors (Lipinski definition) is 1. The molecule has 2 heterocycles. The molecule has 3 rings (SSSR count). The van der Waals surface area contributed by atoms with E-state index in [9.17, 15) is 4.79 Å². The van der Waals surface area contributed by atoms with Crippen molar-refractivity contribution in [3.8, 4) is 0 Å². The molecule has 2 aromatic heterocycles. The molecule has 0 saturated heterocycles. The van der Waals surface area contributed by atoms with Crippen molar-refractivity contribution in [3.05, 3.63) is 46.9 Å². The number of carbonyl (C=O) groups excluding carboxylic acids is 1. The molecule has 1 amide bonds. The first-order chi connectivity index (χ1) is 12.0. The molecule has 132 valence electrons. The summed E-state index contributed by atoms with van der Waals surface area (Å²) in [4.78, 5) is 12.2. The first-order valence-corrected chi connectivity index (χ1v) is 8.71. The molecular formula is C19H25N5O. The van der Waals surface area contributed by atoms with Gasteiger partial charge >= 0.3 is 0 Å². The lowest BCUT2D eigenvalue weighted by Gasteiger charge is -2.07. The number of aromatic nitrogens is 4. The summed E-state index contributed by atoms with van der Waals surface area (Å²) in [5, 5.41) is 13.0. The standard InChI is InChI=1S/C19H25N5O/c1-5-23-15(4)17(14(3)22-23)12-20-19(25)8-9-24-18-10-13(2)6-7-16(18)11-21-24/h6-7,10-11H,5,8-9,12H2,1-4H3,(H,20,25). The molecule has 0 radical (unpaired) electrons. The van der Waals surface area contributed by atoms with Crippen LogP contribution in [0.4, 0.5) is 0 Å². The van der Waals surface area contributed by atoms with Crippen molar-refractivity contribution in [2.75, 3.05) is 0 Å². The SMILES string of the molecule is CCn1nc(C)c(CNC(=O)CCn2ncc3ccc(C)cc32)c1C. The van der Waals surface area contributed by atoms with Crippen LogP contribution >= 0.6 is 0 Å². The molecule has 0 saturated carbocycles. The van der Waals surface area contributed by atoms with Crippen LogP contribution in [-0.2, 0) is 24.4 Å². The number of nitrogens with zero attached hydrogens (tertiary/aromatic N) is 4. The van der Waals surface area contributed by atoms with E-state index in [1.54, 1.807) is 0 Å². The Morgan fingerprint density at radius 3 is 2.72 bits per heavy atom. The average molecular weight is 339 g/mol. The predicted molar refractivity (Wildman–Crippen MR) is 98.3 cm³/mol. The van der Waals surface area contributed by atoms with Gasteiger partial charge in [0.05, 0.1) is 24.0 Å². The van der Waals surface area contributed by atoms with Crippen LogP contribution in [0, 0.1) is 20.8 Å². The maximum Gasteiger partial charge on any atom is 0.222 e. The summed E-state index contributed by atoms with van der Waals surface area (Å²) in [6, 6.07) is 6.24. The van der Waals surface area contributed by atoms with Gasteiger partial charge in [0.1, 0.15) is 0 Å². The van der Waals surface area contributed by atoms with Gasteiger partial charge in [-0.2, -0.15) is 10.2 Å². The average Bonchev–Trinajstić information content (AvgIpc) is 3.11. The van der Waals surface area contributed by atoms with E-state index in [4.69, 9.17) is 0 Å². The fraction of sp³-hybridized carbons (Fsp3) is 0.421. The molecule has 0 aliphatic rings. The minimum Gasteiger partial charge on any atom is -0.352 e. The highest BCUT2D eigenvalue weighted by Crippen LogP contribution is 2.16. The Labute approximate surface area is 147 Å². The van der Waals surface area contributed by atoms with E-state index in [-0.39, 0.29) is 5.91 Å². The van der Waals surface area contributed by atoms with E-state index in [2.05, 4.69) is 47.6 Å². The molecule has 0 bridgehead atoms. The third-order valence-corrected chi connectivity index (χ3v) is 4.64. The summed E-state index contributed by atoms with van der Waals surface area (Å²) in [6.07, 6.45) is 2.25. The smallest absolute Gasteiger partial charge is 0.222 e. The normalized spacial score (nSPS) is 11.2. The van der Waals surface area contributed by atoms with Gasteiger partial charge in [-0.15, -0.1) is 0 Å². The van der Waals surface area contributed by atoms with Crippen LogP contribution in [0.3, 0.4) is 0 Å². The highest BCUT2D eigenvalue weighted by atomic mass is 16.1. The number of benzene rings is 1. The molecule has 0 atom stereocenters. The van der Waals surface area contributed by atoms with Crippen LogP contribution in [0.15, 0.2) is 24.4 Å². The molecule has 6 heteroatoms. The number of aryl methyl sites for hydroxylation is 4. The summed E-state index contributed by atoms with van der Waals surface area (Å²) in [7, 11) is 0. The van der Waals surface area contributed by atoms with Crippen LogP contribution in [-0.4, -0.2) is 25.5 Å². The van der Waals surface area contributed by atoms with E-state index >= 15 is 0 Å². The molecule has 1 aromatic carbocycles. The van der Waals surface area contributed by atoms with Gasteiger partial charge in [0.25, 0.3) is 0 Å². The van der Waals surface area contributed by atoms with Gasteiger partial charge in [0.15, 0.2) is 0 Å². The Morgan fingerprint density at radius 1 is 1.20 bits per heavy atom. The summed E-state index contributed by atoms with van der Waals surface area (Å²) in [5.74, 6) is 0.0272. The van der Waals surface area contributed by atoms with E-state index in [0.29, 0.717) is 19.5 Å². The molecular weight excluding hydrogens is 314 g/mol. The molecule has 25 heavy (non-hydrogen) atoms. The van der Waals surface area contributed by atoms with Crippen molar-refractivity contribution < 1.29 is 4.79 Å². The summed E-state index contributed by atoms with van der Waals surface area (Å²) >= 11 is 0. The molecule has 0 fully saturated rings. The van der Waals surface area contributed by atoms with Crippen molar-refractivity contribution in [3.63, 3.8) is 0 Å². The minimum atomic E-state index is 0.0272. The lowest BCUT2D eigenvalue weighted by molar-refractivity contribution is -0.121. The lowest BCUT2D eigenvalue weighted by atomic mass is 10.2. The third-order valence-electron chi connectivity index (χ3n) is 4.64. The van der Waals surface area contributed by atoms with E-state index in [0.717, 1.165) is 34.4 Å². The highest BCUT2D eigenvalue weighted by Gasteiger charge is 2.12. The first-order valence-electron chi connectivity index (χ1n) is 8.71. The largest absolute Gasteiger partial charge is 0.352 e. The minimum absolute atomic E-state index is 0.0272. The molecule has 3 aromatic rings. The molecule has 1 N–H and O–H groups in total. The molecule has 0 unspecified atom stereocenters.